The molecule has 0 aliphatic heterocycles. The number of carbonyl (C=O) groups excluding carboxylic acids is 2. The van der Waals surface area contributed by atoms with Gasteiger partial charge in [0.25, 0.3) is 5.91 Å². The van der Waals surface area contributed by atoms with E-state index in [1.807, 2.05) is 0 Å². The number of rotatable bonds is 3. The van der Waals surface area contributed by atoms with Gasteiger partial charge in [0, 0.05) is 22.0 Å². The first kappa shape index (κ1) is 13.9. The molecule has 6 heteroatoms. The molecular weight excluding hydrogens is 278 g/mol. The van der Waals surface area contributed by atoms with E-state index in [9.17, 15) is 9.59 Å². The van der Waals surface area contributed by atoms with Gasteiger partial charge >= 0.3 is 6.03 Å². The maximum Gasteiger partial charge on any atom is 0.316 e. The normalized spacial score (nSPS) is 9.85. The SMILES string of the molecule is NC(=O)Nc1ccc(C(=O)Nc2ccc(Cl)cc2)cc1. The third-order valence-corrected chi connectivity index (χ3v) is 2.77. The molecule has 5 nitrogen and oxygen atoms in total. The van der Waals surface area contributed by atoms with Gasteiger partial charge in [-0.2, -0.15) is 0 Å². The predicted molar refractivity (Wildman–Crippen MR) is 79.1 cm³/mol. The van der Waals surface area contributed by atoms with E-state index >= 15 is 0 Å². The van der Waals surface area contributed by atoms with Crippen LogP contribution in [0.25, 0.3) is 0 Å². The Labute approximate surface area is 120 Å². The van der Waals surface area contributed by atoms with E-state index in [2.05, 4.69) is 10.6 Å². The van der Waals surface area contributed by atoms with Crippen LogP contribution in [0.1, 0.15) is 10.4 Å². The van der Waals surface area contributed by atoms with Crippen LogP contribution in [0, 0.1) is 0 Å². The minimum atomic E-state index is -0.650. The van der Waals surface area contributed by atoms with Gasteiger partial charge in [0.1, 0.15) is 0 Å². The van der Waals surface area contributed by atoms with Crippen LogP contribution in [-0.4, -0.2) is 11.9 Å². The lowest BCUT2D eigenvalue weighted by Crippen LogP contribution is -2.19. The van der Waals surface area contributed by atoms with Crippen LogP contribution >= 0.6 is 11.6 Å². The highest BCUT2D eigenvalue weighted by Gasteiger charge is 2.06. The molecular formula is C14H12ClN3O2. The minimum Gasteiger partial charge on any atom is -0.351 e. The standard InChI is InChI=1S/C14H12ClN3O2/c15-10-3-7-11(8-4-10)17-13(19)9-1-5-12(6-2-9)18-14(16)20/h1-8H,(H,17,19)(H3,16,18,20). The molecule has 0 spiro atoms. The first-order chi connectivity index (χ1) is 9.54. The zero-order valence-electron chi connectivity index (χ0n) is 10.4. The first-order valence-corrected chi connectivity index (χ1v) is 6.16. The monoisotopic (exact) mass is 289 g/mol. The maximum absolute atomic E-state index is 12.0. The van der Waals surface area contributed by atoms with Crippen molar-refractivity contribution in [2.45, 2.75) is 0 Å². The van der Waals surface area contributed by atoms with Gasteiger partial charge in [0.05, 0.1) is 0 Å². The van der Waals surface area contributed by atoms with Gasteiger partial charge in [0.2, 0.25) is 0 Å². The van der Waals surface area contributed by atoms with Crippen LogP contribution in [0.15, 0.2) is 48.5 Å². The number of anilines is 2. The summed E-state index contributed by atoms with van der Waals surface area (Å²) in [5.74, 6) is -0.252. The number of urea groups is 1. The number of primary amides is 1. The molecule has 0 aliphatic carbocycles. The number of hydrogen-bond acceptors (Lipinski definition) is 2. The molecule has 102 valence electrons. The minimum absolute atomic E-state index is 0.252. The molecule has 0 saturated carbocycles. The largest absolute Gasteiger partial charge is 0.351 e. The average molecular weight is 290 g/mol. The van der Waals surface area contributed by atoms with Crippen molar-refractivity contribution in [1.82, 2.24) is 0 Å². The second kappa shape index (κ2) is 6.08. The molecule has 0 radical (unpaired) electrons. The maximum atomic E-state index is 12.0. The lowest BCUT2D eigenvalue weighted by molar-refractivity contribution is 0.102. The van der Waals surface area contributed by atoms with E-state index < -0.39 is 6.03 Å². The van der Waals surface area contributed by atoms with Crippen molar-refractivity contribution in [2.24, 2.45) is 5.73 Å². The van der Waals surface area contributed by atoms with E-state index in [0.29, 0.717) is 22.0 Å². The Hall–Kier alpha value is -2.53. The molecule has 0 fully saturated rings. The molecule has 0 aliphatic rings. The highest BCUT2D eigenvalue weighted by molar-refractivity contribution is 6.30. The number of benzene rings is 2. The van der Waals surface area contributed by atoms with E-state index in [4.69, 9.17) is 17.3 Å². The van der Waals surface area contributed by atoms with Crippen molar-refractivity contribution < 1.29 is 9.59 Å². The topological polar surface area (TPSA) is 84.2 Å². The molecule has 0 bridgehead atoms. The Kier molecular flexibility index (Phi) is 4.22. The zero-order chi connectivity index (χ0) is 14.5. The van der Waals surface area contributed by atoms with Crippen molar-refractivity contribution in [1.29, 1.82) is 0 Å². The fraction of sp³-hybridized carbons (Fsp3) is 0. The molecule has 0 atom stereocenters. The van der Waals surface area contributed by atoms with Crippen LogP contribution in [0.2, 0.25) is 5.02 Å². The van der Waals surface area contributed by atoms with Gasteiger partial charge in [-0.05, 0) is 48.5 Å². The summed E-state index contributed by atoms with van der Waals surface area (Å²) in [6.07, 6.45) is 0. The van der Waals surface area contributed by atoms with Crippen molar-refractivity contribution >= 4 is 34.9 Å². The van der Waals surface area contributed by atoms with E-state index in [0.717, 1.165) is 0 Å². The van der Waals surface area contributed by atoms with Gasteiger partial charge in [0.15, 0.2) is 0 Å². The molecule has 0 unspecified atom stereocenters. The van der Waals surface area contributed by atoms with Gasteiger partial charge in [-0.15, -0.1) is 0 Å². The number of nitrogens with one attached hydrogen (secondary N) is 2. The lowest BCUT2D eigenvalue weighted by Gasteiger charge is -2.06. The van der Waals surface area contributed by atoms with Crippen LogP contribution in [0.4, 0.5) is 16.2 Å². The summed E-state index contributed by atoms with van der Waals surface area (Å²) in [6.45, 7) is 0. The van der Waals surface area contributed by atoms with Gasteiger partial charge in [-0.3, -0.25) is 4.79 Å². The number of nitrogens with two attached hydrogens (primary N) is 1. The summed E-state index contributed by atoms with van der Waals surface area (Å²) in [6, 6.07) is 12.5. The fourth-order valence-electron chi connectivity index (χ4n) is 1.58. The Bertz CT molecular complexity index is 624. The van der Waals surface area contributed by atoms with E-state index in [1.165, 1.54) is 0 Å². The summed E-state index contributed by atoms with van der Waals surface area (Å²) in [7, 11) is 0. The smallest absolute Gasteiger partial charge is 0.316 e. The molecule has 0 heterocycles. The average Bonchev–Trinajstić information content (AvgIpc) is 2.41. The molecule has 2 aromatic rings. The van der Waals surface area contributed by atoms with Crippen LogP contribution in [0.3, 0.4) is 0 Å². The second-order valence-electron chi connectivity index (χ2n) is 4.03. The quantitative estimate of drug-likeness (QED) is 0.811. The molecule has 2 rings (SSSR count). The zero-order valence-corrected chi connectivity index (χ0v) is 11.1. The summed E-state index contributed by atoms with van der Waals surface area (Å²) in [5, 5.41) is 5.76. The number of amides is 3. The summed E-state index contributed by atoms with van der Waals surface area (Å²) in [4.78, 5) is 22.7. The van der Waals surface area contributed by atoms with Gasteiger partial charge in [-0.1, -0.05) is 11.6 Å². The van der Waals surface area contributed by atoms with Crippen LogP contribution in [-0.2, 0) is 0 Å². The van der Waals surface area contributed by atoms with Crippen molar-refractivity contribution in [3.8, 4) is 0 Å². The molecule has 3 amide bonds. The molecule has 0 saturated heterocycles. The predicted octanol–water partition coefficient (Wildman–Crippen LogP) is 3.08. The molecule has 2 aromatic carbocycles. The third-order valence-electron chi connectivity index (χ3n) is 2.52. The molecule has 20 heavy (non-hydrogen) atoms. The molecule has 4 N–H and O–H groups in total. The highest BCUT2D eigenvalue weighted by Crippen LogP contribution is 2.15. The summed E-state index contributed by atoms with van der Waals surface area (Å²) >= 11 is 5.77. The first-order valence-electron chi connectivity index (χ1n) is 5.78. The summed E-state index contributed by atoms with van der Waals surface area (Å²) in [5.41, 5.74) is 6.64. The third kappa shape index (κ3) is 3.73. The number of halogens is 1. The van der Waals surface area contributed by atoms with E-state index in [-0.39, 0.29) is 5.91 Å². The fourth-order valence-corrected chi connectivity index (χ4v) is 1.71. The number of carbonyl (C=O) groups is 2. The summed E-state index contributed by atoms with van der Waals surface area (Å²) < 4.78 is 0. The van der Waals surface area contributed by atoms with E-state index in [1.54, 1.807) is 48.5 Å². The van der Waals surface area contributed by atoms with Crippen molar-refractivity contribution in [2.75, 3.05) is 10.6 Å². The lowest BCUT2D eigenvalue weighted by atomic mass is 10.2. The molecule has 0 aromatic heterocycles. The van der Waals surface area contributed by atoms with Crippen LogP contribution < -0.4 is 16.4 Å². The van der Waals surface area contributed by atoms with Gasteiger partial charge in [-0.25, -0.2) is 4.79 Å². The van der Waals surface area contributed by atoms with Crippen molar-refractivity contribution in [3.63, 3.8) is 0 Å². The van der Waals surface area contributed by atoms with Crippen LogP contribution in [0.5, 0.6) is 0 Å². The second-order valence-corrected chi connectivity index (χ2v) is 4.46. The Balaban J connectivity index is 2.05. The highest BCUT2D eigenvalue weighted by atomic mass is 35.5. The number of hydrogen-bond donors (Lipinski definition) is 3. The Morgan fingerprint density at radius 1 is 0.850 bits per heavy atom. The van der Waals surface area contributed by atoms with Gasteiger partial charge < -0.3 is 16.4 Å². The Morgan fingerprint density at radius 2 is 1.35 bits per heavy atom. The van der Waals surface area contributed by atoms with Crippen molar-refractivity contribution in [3.05, 3.63) is 59.1 Å². The Morgan fingerprint density at radius 3 is 1.90 bits per heavy atom.